The molecule has 0 aliphatic heterocycles. The van der Waals surface area contributed by atoms with Gasteiger partial charge in [0.15, 0.2) is 0 Å². The number of rotatable bonds is 4. The van der Waals surface area contributed by atoms with Crippen molar-refractivity contribution in [3.05, 3.63) is 51.9 Å². The predicted molar refractivity (Wildman–Crippen MR) is 70.3 cm³/mol. The minimum Gasteiger partial charge on any atom is -0.491 e. The van der Waals surface area contributed by atoms with Crippen LogP contribution in [0.4, 0.5) is 0 Å². The average Bonchev–Trinajstić information content (AvgIpc) is 2.74. The zero-order valence-electron chi connectivity index (χ0n) is 8.90. The molecule has 1 aromatic heterocycles. The molecular formula is C12H11BrClNO2. The van der Waals surface area contributed by atoms with Crippen LogP contribution in [0.2, 0.25) is 5.02 Å². The Morgan fingerprint density at radius 1 is 1.29 bits per heavy atom. The van der Waals surface area contributed by atoms with Crippen molar-refractivity contribution in [3.8, 4) is 5.75 Å². The van der Waals surface area contributed by atoms with Crippen LogP contribution in [0, 0.1) is 0 Å². The molecular weight excluding hydrogens is 305 g/mol. The van der Waals surface area contributed by atoms with Crippen LogP contribution in [0.15, 0.2) is 45.5 Å². The second-order valence-corrected chi connectivity index (χ2v) is 4.79. The van der Waals surface area contributed by atoms with Gasteiger partial charge >= 0.3 is 0 Å². The Morgan fingerprint density at radius 3 is 2.59 bits per heavy atom. The van der Waals surface area contributed by atoms with E-state index in [4.69, 9.17) is 26.5 Å². The molecule has 0 amide bonds. The number of hydrogen-bond donors (Lipinski definition) is 1. The monoisotopic (exact) mass is 315 g/mol. The van der Waals surface area contributed by atoms with Crippen LogP contribution in [0.5, 0.6) is 5.75 Å². The maximum Gasteiger partial charge on any atom is 0.138 e. The largest absolute Gasteiger partial charge is 0.491 e. The molecule has 5 heteroatoms. The molecule has 17 heavy (non-hydrogen) atoms. The van der Waals surface area contributed by atoms with Gasteiger partial charge in [0.25, 0.3) is 0 Å². The number of furan rings is 1. The van der Waals surface area contributed by atoms with E-state index in [1.807, 2.05) is 0 Å². The van der Waals surface area contributed by atoms with Crippen LogP contribution in [-0.2, 0) is 0 Å². The summed E-state index contributed by atoms with van der Waals surface area (Å²) in [5, 5.41) is 0.676. The van der Waals surface area contributed by atoms with Crippen LogP contribution in [0.3, 0.4) is 0 Å². The van der Waals surface area contributed by atoms with E-state index in [1.54, 1.807) is 36.6 Å². The van der Waals surface area contributed by atoms with Crippen molar-refractivity contribution >= 4 is 27.5 Å². The van der Waals surface area contributed by atoms with Gasteiger partial charge in [-0.2, -0.15) is 0 Å². The van der Waals surface area contributed by atoms with Crippen LogP contribution < -0.4 is 10.5 Å². The minimum absolute atomic E-state index is 0.310. The highest BCUT2D eigenvalue weighted by Crippen LogP contribution is 2.24. The molecule has 2 aromatic rings. The van der Waals surface area contributed by atoms with Gasteiger partial charge in [0, 0.05) is 5.02 Å². The minimum atomic E-state index is -0.310. The van der Waals surface area contributed by atoms with Crippen LogP contribution in [0.25, 0.3) is 0 Å². The molecule has 0 saturated carbocycles. The van der Waals surface area contributed by atoms with Gasteiger partial charge in [-0.25, -0.2) is 0 Å². The summed E-state index contributed by atoms with van der Waals surface area (Å²) in [6, 6.07) is 8.63. The maximum absolute atomic E-state index is 5.94. The summed E-state index contributed by atoms with van der Waals surface area (Å²) in [4.78, 5) is 0. The van der Waals surface area contributed by atoms with E-state index in [0.29, 0.717) is 17.4 Å². The second kappa shape index (κ2) is 5.58. The molecule has 0 fully saturated rings. The van der Waals surface area contributed by atoms with Crippen molar-refractivity contribution in [1.29, 1.82) is 0 Å². The summed E-state index contributed by atoms with van der Waals surface area (Å²) >= 11 is 9.13. The average molecular weight is 317 g/mol. The van der Waals surface area contributed by atoms with Gasteiger partial charge in [-0.05, 0) is 46.3 Å². The first-order valence-corrected chi connectivity index (χ1v) is 6.21. The highest BCUT2D eigenvalue weighted by Gasteiger charge is 2.14. The van der Waals surface area contributed by atoms with Crippen molar-refractivity contribution < 1.29 is 9.15 Å². The molecule has 3 nitrogen and oxygen atoms in total. The topological polar surface area (TPSA) is 48.4 Å². The normalized spacial score (nSPS) is 12.4. The van der Waals surface area contributed by atoms with Crippen LogP contribution >= 0.6 is 27.5 Å². The van der Waals surface area contributed by atoms with Crippen molar-refractivity contribution in [3.63, 3.8) is 0 Å². The van der Waals surface area contributed by atoms with Gasteiger partial charge < -0.3 is 14.9 Å². The van der Waals surface area contributed by atoms with E-state index in [-0.39, 0.29) is 6.04 Å². The lowest BCUT2D eigenvalue weighted by Gasteiger charge is -2.11. The predicted octanol–water partition coefficient (Wildman–Crippen LogP) is 3.77. The molecule has 0 aliphatic carbocycles. The fourth-order valence-corrected chi connectivity index (χ4v) is 1.98. The SMILES string of the molecule is NC(COc1ccc(Cl)cc1)c1occc1Br. The van der Waals surface area contributed by atoms with Gasteiger partial charge in [0.2, 0.25) is 0 Å². The second-order valence-electron chi connectivity index (χ2n) is 3.50. The van der Waals surface area contributed by atoms with E-state index in [0.717, 1.165) is 10.2 Å². The third-order valence-corrected chi connectivity index (χ3v) is 3.13. The van der Waals surface area contributed by atoms with Crippen molar-refractivity contribution in [2.45, 2.75) is 6.04 Å². The summed E-state index contributed by atoms with van der Waals surface area (Å²) in [6.07, 6.45) is 1.58. The molecule has 2 N–H and O–H groups in total. The van der Waals surface area contributed by atoms with Gasteiger partial charge in [-0.1, -0.05) is 11.6 Å². The van der Waals surface area contributed by atoms with Gasteiger partial charge in [0.05, 0.1) is 16.8 Å². The van der Waals surface area contributed by atoms with Crippen molar-refractivity contribution in [1.82, 2.24) is 0 Å². The van der Waals surface area contributed by atoms with Crippen molar-refractivity contribution in [2.24, 2.45) is 5.73 Å². The first-order valence-electron chi connectivity index (χ1n) is 5.03. The summed E-state index contributed by atoms with van der Waals surface area (Å²) in [5.74, 6) is 1.41. The number of benzene rings is 1. The molecule has 0 aliphatic rings. The molecule has 0 saturated heterocycles. The summed E-state index contributed by atoms with van der Waals surface area (Å²) < 4.78 is 11.6. The van der Waals surface area contributed by atoms with Crippen LogP contribution in [0.1, 0.15) is 11.8 Å². The van der Waals surface area contributed by atoms with Gasteiger partial charge in [-0.15, -0.1) is 0 Å². The Bertz CT molecular complexity index is 484. The molecule has 1 unspecified atom stereocenters. The van der Waals surface area contributed by atoms with Gasteiger partial charge in [-0.3, -0.25) is 0 Å². The first-order chi connectivity index (χ1) is 8.16. The van der Waals surface area contributed by atoms with E-state index >= 15 is 0 Å². The van der Waals surface area contributed by atoms with Crippen LogP contribution in [-0.4, -0.2) is 6.61 Å². The highest BCUT2D eigenvalue weighted by atomic mass is 79.9. The highest BCUT2D eigenvalue weighted by molar-refractivity contribution is 9.10. The van der Waals surface area contributed by atoms with E-state index < -0.39 is 0 Å². The standard InChI is InChI=1S/C12H11BrClNO2/c13-10-5-6-16-12(10)11(15)7-17-9-3-1-8(14)2-4-9/h1-6,11H,7,15H2. The third kappa shape index (κ3) is 3.25. The Kier molecular flexibility index (Phi) is 4.10. The Labute approximate surface area is 113 Å². The number of hydrogen-bond acceptors (Lipinski definition) is 3. The Hall–Kier alpha value is -0.970. The lowest BCUT2D eigenvalue weighted by Crippen LogP contribution is -2.18. The molecule has 2 rings (SSSR count). The zero-order chi connectivity index (χ0) is 12.3. The Balaban J connectivity index is 1.94. The quantitative estimate of drug-likeness (QED) is 0.934. The molecule has 1 heterocycles. The molecule has 0 radical (unpaired) electrons. The van der Waals surface area contributed by atoms with E-state index in [1.165, 1.54) is 0 Å². The summed E-state index contributed by atoms with van der Waals surface area (Å²) in [6.45, 7) is 0.341. The van der Waals surface area contributed by atoms with Crippen molar-refractivity contribution in [2.75, 3.05) is 6.61 Å². The molecule has 90 valence electrons. The molecule has 0 spiro atoms. The molecule has 1 atom stereocenters. The lowest BCUT2D eigenvalue weighted by molar-refractivity contribution is 0.272. The number of nitrogens with two attached hydrogens (primary N) is 1. The van der Waals surface area contributed by atoms with E-state index in [9.17, 15) is 0 Å². The van der Waals surface area contributed by atoms with E-state index in [2.05, 4.69) is 15.9 Å². The first kappa shape index (κ1) is 12.5. The molecule has 1 aromatic carbocycles. The fourth-order valence-electron chi connectivity index (χ4n) is 1.36. The number of ether oxygens (including phenoxy) is 1. The zero-order valence-corrected chi connectivity index (χ0v) is 11.2. The maximum atomic E-state index is 5.94. The number of halogens is 2. The third-order valence-electron chi connectivity index (χ3n) is 2.22. The Morgan fingerprint density at radius 2 is 2.00 bits per heavy atom. The fraction of sp³-hybridized carbons (Fsp3) is 0.167. The summed E-state index contributed by atoms with van der Waals surface area (Å²) in [5.41, 5.74) is 5.94. The molecule has 0 bridgehead atoms. The lowest BCUT2D eigenvalue weighted by atomic mass is 10.2. The summed E-state index contributed by atoms with van der Waals surface area (Å²) in [7, 11) is 0. The van der Waals surface area contributed by atoms with Gasteiger partial charge in [0.1, 0.15) is 18.1 Å². The smallest absolute Gasteiger partial charge is 0.138 e.